The molecule has 0 saturated carbocycles. The third-order valence-corrected chi connectivity index (χ3v) is 2.46. The monoisotopic (exact) mass is 277 g/mol. The summed E-state index contributed by atoms with van der Waals surface area (Å²) in [6.45, 7) is 0.194. The Kier molecular flexibility index (Phi) is 3.09. The van der Waals surface area contributed by atoms with Gasteiger partial charge in [-0.2, -0.15) is 9.97 Å². The Balaban J connectivity index is 1.87. The van der Waals surface area contributed by atoms with Crippen LogP contribution in [0.2, 0.25) is 0 Å². The summed E-state index contributed by atoms with van der Waals surface area (Å²) in [5.74, 6) is 7.14. The maximum atomic E-state index is 5.52. The summed E-state index contributed by atoms with van der Waals surface area (Å²) in [4.78, 5) is 11.8. The van der Waals surface area contributed by atoms with Crippen LogP contribution < -0.4 is 30.2 Å². The maximum Gasteiger partial charge on any atom is 0.330 e. The van der Waals surface area contributed by atoms with Crippen molar-refractivity contribution in [2.24, 2.45) is 5.84 Å². The standard InChI is InChI=1S/C11H11N5O4/c1-17-10-13-9(16-12)14-11(15-10)20-6-2-3-7-8(4-6)19-5-18-7/h2-4H,5,12H2,1H3,(H,13,14,15,16). The highest BCUT2D eigenvalue weighted by Crippen LogP contribution is 2.36. The van der Waals surface area contributed by atoms with Crippen LogP contribution in [0.1, 0.15) is 0 Å². The molecule has 3 N–H and O–H groups in total. The third kappa shape index (κ3) is 2.34. The predicted octanol–water partition coefficient (Wildman–Crippen LogP) is 0.687. The first kappa shape index (κ1) is 12.2. The molecule has 0 radical (unpaired) electrons. The van der Waals surface area contributed by atoms with E-state index < -0.39 is 0 Å². The molecule has 1 aromatic heterocycles. The average Bonchev–Trinajstić information content (AvgIpc) is 2.94. The van der Waals surface area contributed by atoms with Crippen molar-refractivity contribution in [1.82, 2.24) is 15.0 Å². The molecule has 104 valence electrons. The molecule has 1 aliphatic heterocycles. The van der Waals surface area contributed by atoms with Crippen LogP contribution >= 0.6 is 0 Å². The fourth-order valence-corrected chi connectivity index (χ4v) is 1.59. The topological polar surface area (TPSA) is 114 Å². The Morgan fingerprint density at radius 2 is 1.95 bits per heavy atom. The number of nitrogen functional groups attached to an aromatic ring is 1. The Morgan fingerprint density at radius 1 is 1.15 bits per heavy atom. The minimum absolute atomic E-state index is 0.0451. The molecule has 2 aromatic rings. The lowest BCUT2D eigenvalue weighted by Crippen LogP contribution is -2.12. The van der Waals surface area contributed by atoms with Crippen molar-refractivity contribution in [3.8, 4) is 29.3 Å². The SMILES string of the molecule is COc1nc(NN)nc(Oc2ccc3c(c2)OCO3)n1. The number of nitrogens with two attached hydrogens (primary N) is 1. The van der Waals surface area contributed by atoms with Crippen molar-refractivity contribution in [3.63, 3.8) is 0 Å². The van der Waals surface area contributed by atoms with Crippen molar-refractivity contribution in [3.05, 3.63) is 18.2 Å². The summed E-state index contributed by atoms with van der Waals surface area (Å²) in [6.07, 6.45) is 0. The van der Waals surface area contributed by atoms with Gasteiger partial charge in [0.25, 0.3) is 0 Å². The van der Waals surface area contributed by atoms with Gasteiger partial charge in [0.2, 0.25) is 12.7 Å². The zero-order valence-electron chi connectivity index (χ0n) is 10.5. The van der Waals surface area contributed by atoms with Crippen LogP contribution in [-0.4, -0.2) is 28.9 Å². The fourth-order valence-electron chi connectivity index (χ4n) is 1.59. The number of nitrogens with one attached hydrogen (secondary N) is 1. The van der Waals surface area contributed by atoms with E-state index >= 15 is 0 Å². The number of methoxy groups -OCH3 is 1. The van der Waals surface area contributed by atoms with Gasteiger partial charge in [-0.3, -0.25) is 5.43 Å². The van der Waals surface area contributed by atoms with Crippen LogP contribution in [0, 0.1) is 0 Å². The molecule has 1 aromatic carbocycles. The Morgan fingerprint density at radius 3 is 2.75 bits per heavy atom. The van der Waals surface area contributed by atoms with E-state index in [4.69, 9.17) is 24.8 Å². The molecular weight excluding hydrogens is 266 g/mol. The van der Waals surface area contributed by atoms with Gasteiger partial charge in [-0.25, -0.2) is 5.84 Å². The molecule has 0 bridgehead atoms. The van der Waals surface area contributed by atoms with Crippen molar-refractivity contribution in [2.75, 3.05) is 19.3 Å². The molecule has 9 heteroatoms. The van der Waals surface area contributed by atoms with E-state index in [2.05, 4.69) is 20.4 Å². The first-order chi connectivity index (χ1) is 9.78. The van der Waals surface area contributed by atoms with Crippen LogP contribution in [0.15, 0.2) is 18.2 Å². The zero-order valence-corrected chi connectivity index (χ0v) is 10.5. The van der Waals surface area contributed by atoms with Gasteiger partial charge in [-0.15, -0.1) is 4.98 Å². The van der Waals surface area contributed by atoms with Crippen molar-refractivity contribution < 1.29 is 18.9 Å². The number of nitrogens with zero attached hydrogens (tertiary/aromatic N) is 3. The van der Waals surface area contributed by atoms with Crippen LogP contribution in [0.25, 0.3) is 0 Å². The number of hydrogen-bond donors (Lipinski definition) is 2. The van der Waals surface area contributed by atoms with E-state index in [1.807, 2.05) is 0 Å². The van der Waals surface area contributed by atoms with Crippen molar-refractivity contribution >= 4 is 5.95 Å². The summed E-state index contributed by atoms with van der Waals surface area (Å²) < 4.78 is 20.9. The van der Waals surface area contributed by atoms with E-state index in [9.17, 15) is 0 Å². The van der Waals surface area contributed by atoms with E-state index in [0.29, 0.717) is 17.2 Å². The number of ether oxygens (including phenoxy) is 4. The minimum Gasteiger partial charge on any atom is -0.467 e. The Hall–Kier alpha value is -2.81. The molecule has 0 fully saturated rings. The second-order valence-corrected chi connectivity index (χ2v) is 3.69. The lowest BCUT2D eigenvalue weighted by molar-refractivity contribution is 0.174. The third-order valence-electron chi connectivity index (χ3n) is 2.46. The largest absolute Gasteiger partial charge is 0.467 e. The van der Waals surface area contributed by atoms with Gasteiger partial charge >= 0.3 is 12.0 Å². The number of benzene rings is 1. The summed E-state index contributed by atoms with van der Waals surface area (Å²) in [7, 11) is 1.43. The van der Waals surface area contributed by atoms with Crippen LogP contribution in [0.4, 0.5) is 5.95 Å². The average molecular weight is 277 g/mol. The highest BCUT2D eigenvalue weighted by atomic mass is 16.7. The number of aromatic nitrogens is 3. The highest BCUT2D eigenvalue weighted by Gasteiger charge is 2.15. The van der Waals surface area contributed by atoms with Gasteiger partial charge < -0.3 is 18.9 Å². The molecule has 0 saturated heterocycles. The summed E-state index contributed by atoms with van der Waals surface area (Å²) in [6, 6.07) is 5.25. The molecule has 0 spiro atoms. The fraction of sp³-hybridized carbons (Fsp3) is 0.182. The number of anilines is 1. The normalized spacial score (nSPS) is 12.1. The summed E-state index contributed by atoms with van der Waals surface area (Å²) >= 11 is 0. The van der Waals surface area contributed by atoms with Crippen molar-refractivity contribution in [1.29, 1.82) is 0 Å². The number of rotatable bonds is 4. The van der Waals surface area contributed by atoms with Crippen LogP contribution in [-0.2, 0) is 0 Å². The molecule has 20 heavy (non-hydrogen) atoms. The van der Waals surface area contributed by atoms with Gasteiger partial charge in [0.1, 0.15) is 5.75 Å². The molecule has 9 nitrogen and oxygen atoms in total. The molecule has 0 unspecified atom stereocenters. The van der Waals surface area contributed by atoms with E-state index in [1.54, 1.807) is 18.2 Å². The summed E-state index contributed by atoms with van der Waals surface area (Å²) in [5, 5.41) is 0. The van der Waals surface area contributed by atoms with Gasteiger partial charge in [0.05, 0.1) is 7.11 Å². The van der Waals surface area contributed by atoms with Crippen LogP contribution in [0.5, 0.6) is 29.3 Å². The lowest BCUT2D eigenvalue weighted by Gasteiger charge is -2.07. The second-order valence-electron chi connectivity index (χ2n) is 3.69. The minimum atomic E-state index is 0.0451. The first-order valence-electron chi connectivity index (χ1n) is 5.62. The predicted molar refractivity (Wildman–Crippen MR) is 66.8 cm³/mol. The van der Waals surface area contributed by atoms with Crippen molar-refractivity contribution in [2.45, 2.75) is 0 Å². The van der Waals surface area contributed by atoms with Crippen LogP contribution in [0.3, 0.4) is 0 Å². The molecule has 0 amide bonds. The van der Waals surface area contributed by atoms with E-state index in [0.717, 1.165) is 0 Å². The highest BCUT2D eigenvalue weighted by molar-refractivity contribution is 5.47. The lowest BCUT2D eigenvalue weighted by atomic mass is 10.3. The molecule has 0 aliphatic carbocycles. The van der Waals surface area contributed by atoms with Gasteiger partial charge in [0.15, 0.2) is 11.5 Å². The van der Waals surface area contributed by atoms with E-state index in [-0.39, 0.29) is 24.8 Å². The molecular formula is C11H11N5O4. The maximum absolute atomic E-state index is 5.52. The molecule has 0 atom stereocenters. The Labute approximate surface area is 113 Å². The molecule has 2 heterocycles. The Bertz CT molecular complexity index is 614. The quantitative estimate of drug-likeness (QED) is 0.615. The van der Waals surface area contributed by atoms with Gasteiger partial charge in [-0.1, -0.05) is 0 Å². The number of hydrogen-bond acceptors (Lipinski definition) is 9. The summed E-state index contributed by atoms with van der Waals surface area (Å²) in [5.41, 5.74) is 2.30. The smallest absolute Gasteiger partial charge is 0.330 e. The number of hydrazine groups is 1. The van der Waals surface area contributed by atoms with Gasteiger partial charge in [-0.05, 0) is 12.1 Å². The first-order valence-corrected chi connectivity index (χ1v) is 5.62. The zero-order chi connectivity index (χ0) is 13.9. The van der Waals surface area contributed by atoms with E-state index in [1.165, 1.54) is 7.11 Å². The molecule has 3 rings (SSSR count). The molecule has 1 aliphatic rings. The number of fused-ring (bicyclic) bond motifs is 1. The van der Waals surface area contributed by atoms with Gasteiger partial charge in [0, 0.05) is 6.07 Å². The second kappa shape index (κ2) is 5.05.